The van der Waals surface area contributed by atoms with E-state index < -0.39 is 51.3 Å². The molecule has 0 rings (SSSR count). The minimum atomic E-state index is -6.36. The van der Waals surface area contributed by atoms with Gasteiger partial charge >= 0.3 is 18.3 Å². The van der Waals surface area contributed by atoms with Gasteiger partial charge in [-0.2, -0.15) is 26.3 Å². The SMILES string of the molecule is CCC(C)(C)C(=O)OCOOC(=C(C(F)(F)F)C(F)(F)F)S(=O)(=O)[O-]. The summed E-state index contributed by atoms with van der Waals surface area (Å²) in [5, 5.41) is -3.04. The van der Waals surface area contributed by atoms with Gasteiger partial charge < -0.3 is 14.2 Å². The van der Waals surface area contributed by atoms with Crippen LogP contribution in [0.5, 0.6) is 0 Å². The van der Waals surface area contributed by atoms with Gasteiger partial charge in [-0.3, -0.25) is 4.79 Å². The molecule has 0 saturated carbocycles. The Morgan fingerprint density at radius 2 is 1.48 bits per heavy atom. The van der Waals surface area contributed by atoms with Crippen LogP contribution < -0.4 is 0 Å². The third-order valence-corrected chi connectivity index (χ3v) is 3.53. The van der Waals surface area contributed by atoms with Gasteiger partial charge in [0.25, 0.3) is 5.09 Å². The number of esters is 1. The fraction of sp³-hybridized carbons (Fsp3) is 0.727. The monoisotopic (exact) mass is 403 g/mol. The summed E-state index contributed by atoms with van der Waals surface area (Å²) in [6.07, 6.45) is -12.3. The average Bonchev–Trinajstić information content (AvgIpc) is 2.37. The first-order valence-corrected chi connectivity index (χ1v) is 7.66. The van der Waals surface area contributed by atoms with Gasteiger partial charge in [0.2, 0.25) is 6.79 Å². The first-order chi connectivity index (χ1) is 10.9. The number of alkyl halides is 6. The van der Waals surface area contributed by atoms with E-state index in [0.717, 1.165) is 0 Å². The van der Waals surface area contributed by atoms with Crippen LogP contribution in [0.25, 0.3) is 0 Å². The van der Waals surface area contributed by atoms with E-state index >= 15 is 0 Å². The van der Waals surface area contributed by atoms with Crippen molar-refractivity contribution in [1.29, 1.82) is 0 Å². The summed E-state index contributed by atoms with van der Waals surface area (Å²) < 4.78 is 111. The van der Waals surface area contributed by atoms with Crippen molar-refractivity contribution in [3.05, 3.63) is 10.7 Å². The zero-order valence-electron chi connectivity index (χ0n) is 12.9. The van der Waals surface area contributed by atoms with Crippen LogP contribution in [0.2, 0.25) is 0 Å². The number of allylic oxidation sites excluding steroid dienone is 1. The lowest BCUT2D eigenvalue weighted by Crippen LogP contribution is -2.31. The molecule has 0 fully saturated rings. The molecule has 0 heterocycles. The summed E-state index contributed by atoms with van der Waals surface area (Å²) in [6, 6.07) is 0. The molecule has 0 aliphatic heterocycles. The van der Waals surface area contributed by atoms with E-state index in [1.807, 2.05) is 0 Å². The van der Waals surface area contributed by atoms with Crippen LogP contribution in [0, 0.1) is 5.41 Å². The largest absolute Gasteiger partial charge is 0.742 e. The molecule has 0 amide bonds. The maximum absolute atomic E-state index is 12.4. The Labute approximate surface area is 138 Å². The van der Waals surface area contributed by atoms with E-state index in [-0.39, 0.29) is 6.42 Å². The number of hydrogen-bond donors (Lipinski definition) is 0. The highest BCUT2D eigenvalue weighted by Crippen LogP contribution is 2.42. The highest BCUT2D eigenvalue weighted by molar-refractivity contribution is 7.89. The molecular weight excluding hydrogens is 390 g/mol. The van der Waals surface area contributed by atoms with Crippen LogP contribution in [0.3, 0.4) is 0 Å². The summed E-state index contributed by atoms with van der Waals surface area (Å²) in [5.41, 5.74) is -4.77. The summed E-state index contributed by atoms with van der Waals surface area (Å²) in [5.74, 6) is -0.957. The van der Waals surface area contributed by atoms with Gasteiger partial charge in [0.05, 0.1) is 5.41 Å². The Balaban J connectivity index is 5.43. The third-order valence-electron chi connectivity index (χ3n) is 2.81. The van der Waals surface area contributed by atoms with Crippen LogP contribution in [0.4, 0.5) is 26.3 Å². The lowest BCUT2D eigenvalue weighted by molar-refractivity contribution is -0.304. The van der Waals surface area contributed by atoms with Crippen molar-refractivity contribution in [2.45, 2.75) is 39.5 Å². The van der Waals surface area contributed by atoms with Gasteiger partial charge in [0.15, 0.2) is 15.7 Å². The van der Waals surface area contributed by atoms with E-state index in [0.29, 0.717) is 0 Å². The minimum Gasteiger partial charge on any atom is -0.742 e. The van der Waals surface area contributed by atoms with Crippen LogP contribution in [-0.2, 0) is 29.4 Å². The topological polar surface area (TPSA) is 102 Å². The Morgan fingerprint density at radius 3 is 1.80 bits per heavy atom. The summed E-state index contributed by atoms with van der Waals surface area (Å²) in [4.78, 5) is 18.6. The van der Waals surface area contributed by atoms with Crippen molar-refractivity contribution in [2.75, 3.05) is 6.79 Å². The lowest BCUT2D eigenvalue weighted by atomic mass is 9.91. The third kappa shape index (κ3) is 7.07. The fourth-order valence-corrected chi connectivity index (χ4v) is 1.71. The second-order valence-corrected chi connectivity index (χ2v) is 6.38. The van der Waals surface area contributed by atoms with E-state index in [2.05, 4.69) is 14.5 Å². The number of halogens is 6. The zero-order valence-corrected chi connectivity index (χ0v) is 13.8. The van der Waals surface area contributed by atoms with Crippen LogP contribution >= 0.6 is 0 Å². The normalized spacial score (nSPS) is 13.4. The molecule has 0 aromatic carbocycles. The average molecular weight is 403 g/mol. The number of rotatable bonds is 7. The van der Waals surface area contributed by atoms with E-state index in [9.17, 15) is 44.1 Å². The Bertz CT molecular complexity index is 602. The molecule has 0 bridgehead atoms. The predicted octanol–water partition coefficient (Wildman–Crippen LogP) is 2.75. The first kappa shape index (κ1) is 23.5. The van der Waals surface area contributed by atoms with Crippen molar-refractivity contribution in [2.24, 2.45) is 5.41 Å². The molecule has 0 atom stereocenters. The number of carbonyl (C=O) groups is 1. The molecule has 0 aliphatic carbocycles. The smallest absolute Gasteiger partial charge is 0.425 e. The van der Waals surface area contributed by atoms with Crippen molar-refractivity contribution < 1.29 is 58.6 Å². The molecule has 0 aromatic heterocycles. The van der Waals surface area contributed by atoms with E-state index in [1.165, 1.54) is 13.8 Å². The van der Waals surface area contributed by atoms with Crippen LogP contribution in [0.15, 0.2) is 10.7 Å². The lowest BCUT2D eigenvalue weighted by Gasteiger charge is -2.22. The van der Waals surface area contributed by atoms with Crippen molar-refractivity contribution in [3.8, 4) is 0 Å². The highest BCUT2D eigenvalue weighted by atomic mass is 32.2. The number of ether oxygens (including phenoxy) is 1. The molecule has 0 unspecified atom stereocenters. The quantitative estimate of drug-likeness (QED) is 0.0941. The van der Waals surface area contributed by atoms with Gasteiger partial charge in [-0.1, -0.05) is 6.92 Å². The van der Waals surface area contributed by atoms with Gasteiger partial charge in [-0.05, 0) is 20.3 Å². The highest BCUT2D eigenvalue weighted by Gasteiger charge is 2.56. The van der Waals surface area contributed by atoms with Gasteiger partial charge in [-0.15, -0.1) is 4.89 Å². The van der Waals surface area contributed by atoms with Gasteiger partial charge in [0.1, 0.15) is 0 Å². The fourth-order valence-electron chi connectivity index (χ4n) is 1.10. The summed E-state index contributed by atoms with van der Waals surface area (Å²) in [6.45, 7) is 3.05. The molecular formula is C11H13F6O7S-. The van der Waals surface area contributed by atoms with Gasteiger partial charge in [-0.25, -0.2) is 8.42 Å². The molecule has 148 valence electrons. The summed E-state index contributed by atoms with van der Waals surface area (Å²) in [7, 11) is -6.36. The molecule has 0 aliphatic rings. The molecule has 0 N–H and O–H groups in total. The Hall–Kier alpha value is -1.54. The molecule has 0 saturated heterocycles. The van der Waals surface area contributed by atoms with Crippen LogP contribution in [0.1, 0.15) is 27.2 Å². The van der Waals surface area contributed by atoms with Crippen molar-refractivity contribution in [1.82, 2.24) is 0 Å². The van der Waals surface area contributed by atoms with E-state index in [4.69, 9.17) is 0 Å². The van der Waals surface area contributed by atoms with Crippen molar-refractivity contribution >= 4 is 16.1 Å². The molecule has 14 heteroatoms. The summed E-state index contributed by atoms with van der Waals surface area (Å²) >= 11 is 0. The maximum atomic E-state index is 12.4. The Morgan fingerprint density at radius 1 is 1.04 bits per heavy atom. The van der Waals surface area contributed by atoms with Crippen LogP contribution in [-0.4, -0.2) is 38.1 Å². The number of carbonyl (C=O) groups excluding carboxylic acids is 1. The molecule has 7 nitrogen and oxygen atoms in total. The van der Waals surface area contributed by atoms with Crippen molar-refractivity contribution in [3.63, 3.8) is 0 Å². The first-order valence-electron chi connectivity index (χ1n) is 6.26. The zero-order chi connectivity index (χ0) is 20.3. The molecule has 25 heavy (non-hydrogen) atoms. The molecule has 0 spiro atoms. The Kier molecular flexibility index (Phi) is 7.30. The van der Waals surface area contributed by atoms with Gasteiger partial charge in [0, 0.05) is 0 Å². The second-order valence-electron chi connectivity index (χ2n) is 5.10. The molecule has 0 radical (unpaired) electrons. The number of hydrogen-bond acceptors (Lipinski definition) is 7. The second kappa shape index (κ2) is 7.78. The standard InChI is InChI=1S/C11H14F6O7S/c1-4-9(2,3)8(18)22-5-23-24-7(25(19,20)21)6(10(12,13)14)11(15,16)17/h4-5H2,1-3H3,(H,19,20,21)/p-1. The predicted molar refractivity (Wildman–Crippen MR) is 66.0 cm³/mol. The van der Waals surface area contributed by atoms with E-state index in [1.54, 1.807) is 6.92 Å². The minimum absolute atomic E-state index is 0.263. The molecule has 0 aromatic rings. The maximum Gasteiger partial charge on any atom is 0.425 e.